The van der Waals surface area contributed by atoms with Crippen LogP contribution in [0.5, 0.6) is 0 Å². The van der Waals surface area contributed by atoms with Gasteiger partial charge in [-0.3, -0.25) is 9.59 Å². The number of carboxylic acid groups (broad SMARTS) is 1. The number of aromatic nitrogens is 1. The molecule has 0 atom stereocenters. The van der Waals surface area contributed by atoms with Crippen molar-refractivity contribution in [3.8, 4) is 0 Å². The minimum absolute atomic E-state index is 0.165. The number of carboxylic acids is 1. The molecule has 0 saturated carbocycles. The predicted octanol–water partition coefficient (Wildman–Crippen LogP) is 1.77. The first-order valence-corrected chi connectivity index (χ1v) is 5.92. The summed E-state index contributed by atoms with van der Waals surface area (Å²) >= 11 is 0. The van der Waals surface area contributed by atoms with Crippen molar-refractivity contribution in [3.05, 3.63) is 63.3 Å². The molecule has 0 unspecified atom stereocenters. The highest BCUT2D eigenvalue weighted by atomic mass is 19.1. The summed E-state index contributed by atoms with van der Waals surface area (Å²) in [6.45, 7) is 1.66. The lowest BCUT2D eigenvalue weighted by atomic mass is 10.2. The van der Waals surface area contributed by atoms with Gasteiger partial charge in [-0.05, 0) is 25.1 Å². The van der Waals surface area contributed by atoms with E-state index in [0.29, 0.717) is 5.69 Å². The normalized spacial score (nSPS) is 10.2. The highest BCUT2D eigenvalue weighted by molar-refractivity contribution is 6.04. The average molecular weight is 290 g/mol. The largest absolute Gasteiger partial charge is 0.478 e. The number of hydrogen-bond acceptors (Lipinski definition) is 3. The molecule has 0 saturated heterocycles. The summed E-state index contributed by atoms with van der Waals surface area (Å²) in [6, 6.07) is 4.32. The molecular weight excluding hydrogens is 279 g/mol. The Morgan fingerprint density at radius 1 is 1.29 bits per heavy atom. The second-order valence-electron chi connectivity index (χ2n) is 4.35. The number of rotatable bonds is 3. The SMILES string of the molecule is Cc1cc(=O)c(C(=O)Nc2ccc(C(=O)O)cc2F)c[nH]1. The maximum Gasteiger partial charge on any atom is 0.335 e. The van der Waals surface area contributed by atoms with Crippen LogP contribution in [0.3, 0.4) is 0 Å². The summed E-state index contributed by atoms with van der Waals surface area (Å²) in [5, 5.41) is 10.9. The molecule has 1 amide bonds. The molecule has 2 aromatic rings. The number of benzene rings is 1. The zero-order valence-electron chi connectivity index (χ0n) is 10.9. The number of aryl methyl sites for hydroxylation is 1. The van der Waals surface area contributed by atoms with Gasteiger partial charge in [-0.1, -0.05) is 0 Å². The molecule has 0 bridgehead atoms. The maximum absolute atomic E-state index is 13.7. The van der Waals surface area contributed by atoms with Gasteiger partial charge in [-0.25, -0.2) is 9.18 Å². The van der Waals surface area contributed by atoms with Gasteiger partial charge in [0.05, 0.1) is 11.3 Å². The molecule has 1 heterocycles. The summed E-state index contributed by atoms with van der Waals surface area (Å²) in [4.78, 5) is 36.9. The third kappa shape index (κ3) is 3.14. The molecule has 3 N–H and O–H groups in total. The van der Waals surface area contributed by atoms with Crippen LogP contribution in [0, 0.1) is 12.7 Å². The zero-order valence-corrected chi connectivity index (χ0v) is 10.9. The Labute approximate surface area is 118 Å². The van der Waals surface area contributed by atoms with E-state index in [4.69, 9.17) is 5.11 Å². The summed E-state index contributed by atoms with van der Waals surface area (Å²) in [5.41, 5.74) is -0.508. The van der Waals surface area contributed by atoms with E-state index in [-0.39, 0.29) is 16.8 Å². The topological polar surface area (TPSA) is 99.3 Å². The number of halogens is 1. The molecular formula is C14H11FN2O4. The van der Waals surface area contributed by atoms with Crippen molar-refractivity contribution in [2.75, 3.05) is 5.32 Å². The van der Waals surface area contributed by atoms with E-state index in [1.54, 1.807) is 6.92 Å². The minimum atomic E-state index is -1.28. The molecule has 6 nitrogen and oxygen atoms in total. The van der Waals surface area contributed by atoms with Gasteiger partial charge in [0.1, 0.15) is 11.4 Å². The molecule has 1 aromatic carbocycles. The Morgan fingerprint density at radius 3 is 2.57 bits per heavy atom. The van der Waals surface area contributed by atoms with Crippen LogP contribution < -0.4 is 10.7 Å². The summed E-state index contributed by atoms with van der Waals surface area (Å²) < 4.78 is 13.7. The van der Waals surface area contributed by atoms with Crippen LogP contribution in [0.1, 0.15) is 26.4 Å². The standard InChI is InChI=1S/C14H11FN2O4/c1-7-4-12(18)9(6-16-7)13(19)17-11-3-2-8(14(20)21)5-10(11)15/h2-6H,1H3,(H,16,18)(H,17,19)(H,20,21). The lowest BCUT2D eigenvalue weighted by Gasteiger charge is -2.07. The number of hydrogen-bond donors (Lipinski definition) is 3. The van der Waals surface area contributed by atoms with Crippen LogP contribution >= 0.6 is 0 Å². The van der Waals surface area contributed by atoms with Crippen molar-refractivity contribution >= 4 is 17.6 Å². The van der Waals surface area contributed by atoms with Crippen LogP contribution in [0.15, 0.2) is 35.3 Å². The highest BCUT2D eigenvalue weighted by Crippen LogP contribution is 2.16. The number of pyridine rings is 1. The summed E-state index contributed by atoms with van der Waals surface area (Å²) in [7, 11) is 0. The summed E-state index contributed by atoms with van der Waals surface area (Å²) in [6.07, 6.45) is 1.23. The monoisotopic (exact) mass is 290 g/mol. The lowest BCUT2D eigenvalue weighted by Crippen LogP contribution is -2.22. The minimum Gasteiger partial charge on any atom is -0.478 e. The van der Waals surface area contributed by atoms with E-state index in [1.165, 1.54) is 12.3 Å². The Morgan fingerprint density at radius 2 is 2.00 bits per heavy atom. The van der Waals surface area contributed by atoms with E-state index >= 15 is 0 Å². The number of carbonyl (C=O) groups is 2. The lowest BCUT2D eigenvalue weighted by molar-refractivity contribution is 0.0696. The zero-order chi connectivity index (χ0) is 15.6. The molecule has 0 spiro atoms. The highest BCUT2D eigenvalue weighted by Gasteiger charge is 2.14. The van der Waals surface area contributed by atoms with Crippen molar-refractivity contribution < 1.29 is 19.1 Å². The van der Waals surface area contributed by atoms with Crippen LogP contribution in [0.25, 0.3) is 0 Å². The number of anilines is 1. The number of aromatic amines is 1. The average Bonchev–Trinajstić information content (AvgIpc) is 2.40. The van der Waals surface area contributed by atoms with E-state index in [2.05, 4.69) is 10.3 Å². The number of amides is 1. The number of H-pyrrole nitrogens is 1. The van der Waals surface area contributed by atoms with Crippen LogP contribution in [-0.4, -0.2) is 22.0 Å². The molecule has 2 rings (SSSR count). The predicted molar refractivity (Wildman–Crippen MR) is 73.1 cm³/mol. The molecule has 21 heavy (non-hydrogen) atoms. The van der Waals surface area contributed by atoms with Gasteiger partial charge in [0.2, 0.25) is 0 Å². The van der Waals surface area contributed by atoms with Gasteiger partial charge in [0, 0.05) is 18.0 Å². The Kier molecular flexibility index (Phi) is 3.84. The second kappa shape index (κ2) is 5.58. The fraction of sp³-hybridized carbons (Fsp3) is 0.0714. The van der Waals surface area contributed by atoms with Crippen molar-refractivity contribution in [1.82, 2.24) is 4.98 Å². The van der Waals surface area contributed by atoms with E-state index in [9.17, 15) is 18.8 Å². The van der Waals surface area contributed by atoms with Crippen molar-refractivity contribution in [2.45, 2.75) is 6.92 Å². The molecule has 0 radical (unpaired) electrons. The molecule has 108 valence electrons. The summed E-state index contributed by atoms with van der Waals surface area (Å²) in [5.74, 6) is -2.95. The van der Waals surface area contributed by atoms with Crippen molar-refractivity contribution in [3.63, 3.8) is 0 Å². The maximum atomic E-state index is 13.7. The Balaban J connectivity index is 2.27. The quantitative estimate of drug-likeness (QED) is 0.802. The first kappa shape index (κ1) is 14.4. The Hall–Kier alpha value is -2.96. The van der Waals surface area contributed by atoms with Crippen molar-refractivity contribution in [1.29, 1.82) is 0 Å². The number of aromatic carboxylic acids is 1. The van der Waals surface area contributed by atoms with Crippen LogP contribution in [0.4, 0.5) is 10.1 Å². The first-order chi connectivity index (χ1) is 9.88. The molecule has 0 fully saturated rings. The second-order valence-corrected chi connectivity index (χ2v) is 4.35. The number of carbonyl (C=O) groups excluding carboxylic acids is 1. The van der Waals surface area contributed by atoms with Gasteiger partial charge in [-0.2, -0.15) is 0 Å². The van der Waals surface area contributed by atoms with E-state index in [1.807, 2.05) is 0 Å². The molecule has 1 aromatic heterocycles. The van der Waals surface area contributed by atoms with Gasteiger partial charge >= 0.3 is 5.97 Å². The fourth-order valence-electron chi connectivity index (χ4n) is 1.69. The van der Waals surface area contributed by atoms with Crippen LogP contribution in [-0.2, 0) is 0 Å². The smallest absolute Gasteiger partial charge is 0.335 e. The Bertz CT molecular complexity index is 783. The molecule has 0 aliphatic heterocycles. The van der Waals surface area contributed by atoms with Gasteiger partial charge in [0.15, 0.2) is 5.43 Å². The molecule has 0 aliphatic carbocycles. The van der Waals surface area contributed by atoms with Gasteiger partial charge < -0.3 is 15.4 Å². The molecule has 0 aliphatic rings. The van der Waals surface area contributed by atoms with Gasteiger partial charge in [0.25, 0.3) is 5.91 Å². The molecule has 7 heteroatoms. The van der Waals surface area contributed by atoms with Crippen molar-refractivity contribution in [2.24, 2.45) is 0 Å². The van der Waals surface area contributed by atoms with E-state index in [0.717, 1.165) is 18.2 Å². The first-order valence-electron chi connectivity index (χ1n) is 5.92. The van der Waals surface area contributed by atoms with Crippen LogP contribution in [0.2, 0.25) is 0 Å². The third-order valence-corrected chi connectivity index (χ3v) is 2.77. The number of nitrogens with one attached hydrogen (secondary N) is 2. The fourth-order valence-corrected chi connectivity index (χ4v) is 1.69. The third-order valence-electron chi connectivity index (χ3n) is 2.77. The van der Waals surface area contributed by atoms with Gasteiger partial charge in [-0.15, -0.1) is 0 Å². The van der Waals surface area contributed by atoms with E-state index < -0.39 is 23.1 Å².